The second-order valence-corrected chi connectivity index (χ2v) is 8.88. The number of hydrogen-bond acceptors (Lipinski definition) is 7. The lowest BCUT2D eigenvalue weighted by Crippen LogP contribution is -2.36. The van der Waals surface area contributed by atoms with Gasteiger partial charge in [0.25, 0.3) is 11.8 Å². The summed E-state index contributed by atoms with van der Waals surface area (Å²) in [5.74, 6) is -0.335. The molecule has 3 rings (SSSR count). The molecule has 0 bridgehead atoms. The van der Waals surface area contributed by atoms with Crippen LogP contribution >= 0.6 is 0 Å². The highest BCUT2D eigenvalue weighted by Gasteiger charge is 2.42. The minimum absolute atomic E-state index is 0.00939. The summed E-state index contributed by atoms with van der Waals surface area (Å²) in [6.45, 7) is 5.61. The third-order valence-electron chi connectivity index (χ3n) is 5.35. The standard InChI is InChI=1S/C25H30N2O7/c1-25(2,3)34-24(31)26-13-7-9-17(15-11-12-19(32-4)20(14-15)33-5)27-22(29)16-8-6-10-18(28)21(16)23(27)30/h6,8,10-12,14,17,28H,7,9,13H2,1-5H3,(H,26,31). The van der Waals surface area contributed by atoms with Gasteiger partial charge in [0.2, 0.25) is 0 Å². The van der Waals surface area contributed by atoms with Gasteiger partial charge in [0.15, 0.2) is 11.5 Å². The van der Waals surface area contributed by atoms with Gasteiger partial charge in [-0.15, -0.1) is 0 Å². The summed E-state index contributed by atoms with van der Waals surface area (Å²) in [6, 6.07) is 8.95. The van der Waals surface area contributed by atoms with Crippen LogP contribution in [0.4, 0.5) is 4.79 Å². The van der Waals surface area contributed by atoms with Gasteiger partial charge in [0.05, 0.1) is 31.4 Å². The number of fused-ring (bicyclic) bond motifs is 1. The van der Waals surface area contributed by atoms with Gasteiger partial charge >= 0.3 is 6.09 Å². The Morgan fingerprint density at radius 3 is 2.38 bits per heavy atom. The van der Waals surface area contributed by atoms with Crippen molar-refractivity contribution in [2.45, 2.75) is 45.3 Å². The van der Waals surface area contributed by atoms with E-state index in [2.05, 4.69) is 5.32 Å². The van der Waals surface area contributed by atoms with Crippen molar-refractivity contribution in [1.29, 1.82) is 0 Å². The second kappa shape index (κ2) is 10.0. The molecule has 0 saturated carbocycles. The molecule has 1 atom stereocenters. The number of carbonyl (C=O) groups excluding carboxylic acids is 3. The monoisotopic (exact) mass is 470 g/mol. The molecular formula is C25H30N2O7. The van der Waals surface area contributed by atoms with Crippen LogP contribution in [0.25, 0.3) is 0 Å². The van der Waals surface area contributed by atoms with Gasteiger partial charge < -0.3 is 24.6 Å². The highest BCUT2D eigenvalue weighted by Crippen LogP contribution is 2.39. The Kier molecular flexibility index (Phi) is 7.34. The van der Waals surface area contributed by atoms with E-state index in [9.17, 15) is 19.5 Å². The van der Waals surface area contributed by atoms with E-state index in [0.29, 0.717) is 29.9 Å². The number of nitrogens with one attached hydrogen (secondary N) is 1. The summed E-state index contributed by atoms with van der Waals surface area (Å²) in [5.41, 5.74) is 0.185. The minimum atomic E-state index is -0.660. The Bertz CT molecular complexity index is 1090. The van der Waals surface area contributed by atoms with Crippen molar-refractivity contribution in [3.8, 4) is 17.2 Å². The topological polar surface area (TPSA) is 114 Å². The molecule has 9 heteroatoms. The molecular weight excluding hydrogens is 440 g/mol. The summed E-state index contributed by atoms with van der Waals surface area (Å²) >= 11 is 0. The number of imide groups is 1. The van der Waals surface area contributed by atoms with Crippen molar-refractivity contribution in [3.63, 3.8) is 0 Å². The van der Waals surface area contributed by atoms with Gasteiger partial charge in [-0.2, -0.15) is 0 Å². The number of hydrogen-bond donors (Lipinski definition) is 2. The Morgan fingerprint density at radius 1 is 1.06 bits per heavy atom. The van der Waals surface area contributed by atoms with Crippen molar-refractivity contribution in [1.82, 2.24) is 10.2 Å². The third-order valence-corrected chi connectivity index (χ3v) is 5.35. The third kappa shape index (κ3) is 5.24. The first kappa shape index (κ1) is 24.9. The van der Waals surface area contributed by atoms with Crippen LogP contribution in [-0.2, 0) is 4.74 Å². The fourth-order valence-corrected chi connectivity index (χ4v) is 3.87. The maximum atomic E-state index is 13.2. The number of rotatable bonds is 8. The summed E-state index contributed by atoms with van der Waals surface area (Å²) in [4.78, 5) is 39.5. The molecule has 0 saturated heterocycles. The van der Waals surface area contributed by atoms with E-state index in [1.807, 2.05) is 0 Å². The number of phenolic OH excluding ortho intramolecular Hbond substituents is 1. The quantitative estimate of drug-likeness (QED) is 0.442. The molecule has 0 spiro atoms. The maximum Gasteiger partial charge on any atom is 0.407 e. The molecule has 2 aromatic carbocycles. The van der Waals surface area contributed by atoms with Crippen molar-refractivity contribution in [2.24, 2.45) is 0 Å². The lowest BCUT2D eigenvalue weighted by Gasteiger charge is -2.27. The van der Waals surface area contributed by atoms with Gasteiger partial charge in [-0.1, -0.05) is 12.1 Å². The number of alkyl carbamates (subject to hydrolysis) is 1. The van der Waals surface area contributed by atoms with Crippen molar-refractivity contribution in [3.05, 3.63) is 53.1 Å². The summed E-state index contributed by atoms with van der Waals surface area (Å²) in [7, 11) is 3.02. The maximum absolute atomic E-state index is 13.2. The van der Waals surface area contributed by atoms with Crippen LogP contribution in [0.15, 0.2) is 36.4 Å². The number of ether oxygens (including phenoxy) is 3. The zero-order chi connectivity index (χ0) is 25.0. The summed E-state index contributed by atoms with van der Waals surface area (Å²) in [6.07, 6.45) is 0.274. The number of methoxy groups -OCH3 is 2. The lowest BCUT2D eigenvalue weighted by molar-refractivity contribution is 0.0510. The van der Waals surface area contributed by atoms with Crippen molar-refractivity contribution in [2.75, 3.05) is 20.8 Å². The summed E-state index contributed by atoms with van der Waals surface area (Å²) < 4.78 is 16.0. The predicted molar refractivity (Wildman–Crippen MR) is 124 cm³/mol. The van der Waals surface area contributed by atoms with Crippen LogP contribution in [-0.4, -0.2) is 54.3 Å². The normalized spacial score (nSPS) is 14.0. The smallest absolute Gasteiger partial charge is 0.407 e. The van der Waals surface area contributed by atoms with E-state index in [1.54, 1.807) is 39.0 Å². The number of carbonyl (C=O) groups is 3. The Hall–Kier alpha value is -3.75. The lowest BCUT2D eigenvalue weighted by atomic mass is 9.99. The molecule has 1 unspecified atom stereocenters. The fourth-order valence-electron chi connectivity index (χ4n) is 3.87. The van der Waals surface area contributed by atoms with Crippen LogP contribution in [0.3, 0.4) is 0 Å². The van der Waals surface area contributed by atoms with E-state index in [4.69, 9.17) is 14.2 Å². The van der Waals surface area contributed by atoms with E-state index in [-0.39, 0.29) is 23.4 Å². The average Bonchev–Trinajstić information content (AvgIpc) is 3.03. The van der Waals surface area contributed by atoms with Gasteiger partial charge in [-0.05, 0) is 63.4 Å². The fraction of sp³-hybridized carbons (Fsp3) is 0.400. The number of nitrogens with zero attached hydrogens (tertiary/aromatic N) is 1. The van der Waals surface area contributed by atoms with E-state index in [1.165, 1.54) is 32.4 Å². The first-order valence-electron chi connectivity index (χ1n) is 11.0. The molecule has 182 valence electrons. The molecule has 1 heterocycles. The number of aromatic hydroxyl groups is 1. The molecule has 0 fully saturated rings. The van der Waals surface area contributed by atoms with Crippen LogP contribution in [0.5, 0.6) is 17.2 Å². The van der Waals surface area contributed by atoms with E-state index in [0.717, 1.165) is 4.90 Å². The van der Waals surface area contributed by atoms with Crippen LogP contribution < -0.4 is 14.8 Å². The molecule has 0 aliphatic carbocycles. The Labute approximate surface area is 198 Å². The Morgan fingerprint density at radius 2 is 1.76 bits per heavy atom. The highest BCUT2D eigenvalue weighted by molar-refractivity contribution is 6.22. The van der Waals surface area contributed by atoms with Crippen molar-refractivity contribution < 1.29 is 33.7 Å². The van der Waals surface area contributed by atoms with Gasteiger partial charge in [0, 0.05) is 6.54 Å². The molecule has 9 nitrogen and oxygen atoms in total. The number of amides is 3. The molecule has 1 aliphatic heterocycles. The molecule has 1 aliphatic rings. The summed E-state index contributed by atoms with van der Waals surface area (Å²) in [5, 5.41) is 12.9. The number of benzene rings is 2. The first-order valence-corrected chi connectivity index (χ1v) is 11.0. The van der Waals surface area contributed by atoms with Crippen LogP contribution in [0.2, 0.25) is 0 Å². The largest absolute Gasteiger partial charge is 0.507 e. The zero-order valence-corrected chi connectivity index (χ0v) is 20.0. The van der Waals surface area contributed by atoms with Gasteiger partial charge in [0.1, 0.15) is 11.4 Å². The zero-order valence-electron chi connectivity index (χ0n) is 20.0. The Balaban J connectivity index is 1.86. The number of phenols is 1. The van der Waals surface area contributed by atoms with Gasteiger partial charge in [-0.25, -0.2) is 4.79 Å². The van der Waals surface area contributed by atoms with E-state index >= 15 is 0 Å². The second-order valence-electron chi connectivity index (χ2n) is 8.88. The molecule has 34 heavy (non-hydrogen) atoms. The van der Waals surface area contributed by atoms with Crippen molar-refractivity contribution >= 4 is 17.9 Å². The van der Waals surface area contributed by atoms with Crippen LogP contribution in [0, 0.1) is 0 Å². The highest BCUT2D eigenvalue weighted by atomic mass is 16.6. The van der Waals surface area contributed by atoms with E-state index < -0.39 is 29.6 Å². The molecule has 0 radical (unpaired) electrons. The molecule has 0 aromatic heterocycles. The minimum Gasteiger partial charge on any atom is -0.507 e. The SMILES string of the molecule is COc1ccc(C(CCCNC(=O)OC(C)(C)C)N2C(=O)c3cccc(O)c3C2=O)cc1OC. The molecule has 2 aromatic rings. The molecule has 3 amide bonds. The average molecular weight is 471 g/mol. The molecule has 2 N–H and O–H groups in total. The van der Waals surface area contributed by atoms with Gasteiger partial charge in [-0.3, -0.25) is 14.5 Å². The predicted octanol–water partition coefficient (Wildman–Crippen LogP) is 4.05. The van der Waals surface area contributed by atoms with Crippen LogP contribution in [0.1, 0.15) is 65.9 Å². The first-order chi connectivity index (χ1) is 16.1.